The molecule has 1 aliphatic heterocycles. The molecule has 2 aromatic rings. The number of amides is 2. The Bertz CT molecular complexity index is 899. The van der Waals surface area contributed by atoms with Crippen LogP contribution in [0.1, 0.15) is 55.7 Å². The highest BCUT2D eigenvalue weighted by molar-refractivity contribution is 5.96. The molecule has 0 bridgehead atoms. The van der Waals surface area contributed by atoms with Crippen molar-refractivity contribution in [3.63, 3.8) is 0 Å². The fourth-order valence-electron chi connectivity index (χ4n) is 4.10. The molecule has 0 saturated carbocycles. The molecule has 5 nitrogen and oxygen atoms in total. The average Bonchev–Trinajstić information content (AvgIpc) is 2.75. The first-order chi connectivity index (χ1) is 14.8. The number of rotatable bonds is 7. The molecule has 2 aromatic carbocycles. The summed E-state index contributed by atoms with van der Waals surface area (Å²) in [5.41, 5.74) is 5.09. The van der Waals surface area contributed by atoms with Gasteiger partial charge in [0.25, 0.3) is 0 Å². The van der Waals surface area contributed by atoms with Gasteiger partial charge in [-0.15, -0.1) is 0 Å². The molecule has 0 aliphatic carbocycles. The van der Waals surface area contributed by atoms with E-state index in [0.29, 0.717) is 5.92 Å². The summed E-state index contributed by atoms with van der Waals surface area (Å²) in [7, 11) is 0. The van der Waals surface area contributed by atoms with Gasteiger partial charge in [-0.05, 0) is 62.3 Å². The van der Waals surface area contributed by atoms with E-state index in [1.54, 1.807) is 0 Å². The van der Waals surface area contributed by atoms with Gasteiger partial charge in [-0.2, -0.15) is 0 Å². The lowest BCUT2D eigenvalue weighted by molar-refractivity contribution is -0.130. The van der Waals surface area contributed by atoms with Crippen molar-refractivity contribution in [2.75, 3.05) is 36.4 Å². The number of likely N-dealkylation sites (tertiary alicyclic amines) is 1. The Hall–Kier alpha value is -2.82. The van der Waals surface area contributed by atoms with Gasteiger partial charge in [0.1, 0.15) is 0 Å². The number of benzene rings is 2. The van der Waals surface area contributed by atoms with Crippen LogP contribution in [0.25, 0.3) is 0 Å². The van der Waals surface area contributed by atoms with Crippen LogP contribution in [0.4, 0.5) is 11.4 Å². The van der Waals surface area contributed by atoms with Crippen molar-refractivity contribution in [1.29, 1.82) is 0 Å². The number of anilines is 2. The van der Waals surface area contributed by atoms with Gasteiger partial charge >= 0.3 is 0 Å². The summed E-state index contributed by atoms with van der Waals surface area (Å²) in [6, 6.07) is 14.1. The number of para-hydroxylation sites is 1. The first-order valence-electron chi connectivity index (χ1n) is 11.3. The third-order valence-corrected chi connectivity index (χ3v) is 5.96. The van der Waals surface area contributed by atoms with Gasteiger partial charge in [-0.25, -0.2) is 0 Å². The molecule has 1 heterocycles. The molecule has 1 fully saturated rings. The summed E-state index contributed by atoms with van der Waals surface area (Å²) in [5, 5.41) is 3.12. The second-order valence-corrected chi connectivity index (χ2v) is 8.88. The van der Waals surface area contributed by atoms with E-state index in [1.165, 1.54) is 6.42 Å². The van der Waals surface area contributed by atoms with Crippen LogP contribution in [0.15, 0.2) is 42.5 Å². The highest BCUT2D eigenvalue weighted by atomic mass is 16.2. The Labute approximate surface area is 186 Å². The zero-order valence-electron chi connectivity index (χ0n) is 19.3. The van der Waals surface area contributed by atoms with E-state index in [0.717, 1.165) is 54.0 Å². The van der Waals surface area contributed by atoms with Crippen molar-refractivity contribution in [3.8, 4) is 0 Å². The van der Waals surface area contributed by atoms with Gasteiger partial charge in [-0.1, -0.05) is 49.7 Å². The van der Waals surface area contributed by atoms with Crippen LogP contribution in [-0.4, -0.2) is 42.9 Å². The molecule has 31 heavy (non-hydrogen) atoms. The zero-order chi connectivity index (χ0) is 22.4. The van der Waals surface area contributed by atoms with Gasteiger partial charge in [-0.3, -0.25) is 9.59 Å². The van der Waals surface area contributed by atoms with Crippen LogP contribution in [0.3, 0.4) is 0 Å². The maximum absolute atomic E-state index is 13.1. The highest BCUT2D eigenvalue weighted by Gasteiger charge is 2.22. The van der Waals surface area contributed by atoms with Gasteiger partial charge in [0.15, 0.2) is 0 Å². The van der Waals surface area contributed by atoms with Crippen LogP contribution < -0.4 is 10.2 Å². The lowest BCUT2D eigenvalue weighted by Gasteiger charge is -2.31. The van der Waals surface area contributed by atoms with Crippen molar-refractivity contribution >= 4 is 23.2 Å². The largest absolute Gasteiger partial charge is 0.353 e. The number of hydrogen-bond donors (Lipinski definition) is 1. The number of hydrogen-bond acceptors (Lipinski definition) is 3. The van der Waals surface area contributed by atoms with Crippen molar-refractivity contribution in [1.82, 2.24) is 4.90 Å². The Balaban J connectivity index is 1.77. The third-order valence-electron chi connectivity index (χ3n) is 5.96. The molecular formula is C26H35N3O2. The topological polar surface area (TPSA) is 52.7 Å². The SMILES string of the molecule is Cc1ccc(N(CC(=O)Nc2c(C)cccc2C(C)C)CC(=O)N2CCCCC2)cc1. The number of carbonyl (C=O) groups excluding carboxylic acids is 2. The lowest BCUT2D eigenvalue weighted by Crippen LogP contribution is -2.45. The van der Waals surface area contributed by atoms with E-state index in [9.17, 15) is 9.59 Å². The molecule has 0 unspecified atom stereocenters. The fraction of sp³-hybridized carbons (Fsp3) is 0.462. The fourth-order valence-corrected chi connectivity index (χ4v) is 4.10. The second kappa shape index (κ2) is 10.5. The smallest absolute Gasteiger partial charge is 0.243 e. The first-order valence-corrected chi connectivity index (χ1v) is 11.3. The van der Waals surface area contributed by atoms with Crippen molar-refractivity contribution in [3.05, 3.63) is 59.2 Å². The van der Waals surface area contributed by atoms with Crippen LogP contribution in [0.2, 0.25) is 0 Å². The minimum Gasteiger partial charge on any atom is -0.353 e. The normalized spacial score (nSPS) is 13.9. The molecule has 5 heteroatoms. The van der Waals surface area contributed by atoms with E-state index in [1.807, 2.05) is 60.0 Å². The van der Waals surface area contributed by atoms with Crippen molar-refractivity contribution in [2.45, 2.75) is 52.9 Å². The minimum absolute atomic E-state index is 0.0897. The standard InChI is InChI=1S/C26H35N3O2/c1-19(2)23-10-8-9-21(4)26(23)27-24(30)17-29(22-13-11-20(3)12-14-22)18-25(31)28-15-6-5-7-16-28/h8-14,19H,5-7,15-18H2,1-4H3,(H,27,30). The summed E-state index contributed by atoms with van der Waals surface area (Å²) in [6.45, 7) is 10.3. The first kappa shape index (κ1) is 22.9. The Morgan fingerprint density at radius 2 is 1.65 bits per heavy atom. The molecule has 3 rings (SSSR count). The predicted octanol–water partition coefficient (Wildman–Crippen LogP) is 4.88. The van der Waals surface area contributed by atoms with Crippen LogP contribution in [0.5, 0.6) is 0 Å². The number of nitrogens with one attached hydrogen (secondary N) is 1. The van der Waals surface area contributed by atoms with Crippen LogP contribution in [0, 0.1) is 13.8 Å². The summed E-state index contributed by atoms with van der Waals surface area (Å²) < 4.78 is 0. The molecule has 1 N–H and O–H groups in total. The monoisotopic (exact) mass is 421 g/mol. The lowest BCUT2D eigenvalue weighted by atomic mass is 9.98. The second-order valence-electron chi connectivity index (χ2n) is 8.88. The van der Waals surface area contributed by atoms with E-state index in [4.69, 9.17) is 0 Å². The van der Waals surface area contributed by atoms with Crippen LogP contribution >= 0.6 is 0 Å². The number of nitrogens with zero attached hydrogens (tertiary/aromatic N) is 2. The molecule has 0 aromatic heterocycles. The molecule has 1 saturated heterocycles. The summed E-state index contributed by atoms with van der Waals surface area (Å²) >= 11 is 0. The van der Waals surface area contributed by atoms with Gasteiger partial charge < -0.3 is 15.1 Å². The Morgan fingerprint density at radius 3 is 2.29 bits per heavy atom. The molecule has 1 aliphatic rings. The van der Waals surface area contributed by atoms with Crippen LogP contribution in [-0.2, 0) is 9.59 Å². The van der Waals surface area contributed by atoms with Crippen molar-refractivity contribution < 1.29 is 9.59 Å². The van der Waals surface area contributed by atoms with E-state index < -0.39 is 0 Å². The molecule has 0 radical (unpaired) electrons. The average molecular weight is 422 g/mol. The summed E-state index contributed by atoms with van der Waals surface area (Å²) in [4.78, 5) is 29.8. The van der Waals surface area contributed by atoms with E-state index in [-0.39, 0.29) is 24.9 Å². The van der Waals surface area contributed by atoms with Crippen molar-refractivity contribution in [2.24, 2.45) is 0 Å². The van der Waals surface area contributed by atoms with E-state index >= 15 is 0 Å². The Morgan fingerprint density at radius 1 is 0.968 bits per heavy atom. The number of carbonyl (C=O) groups is 2. The third kappa shape index (κ3) is 6.09. The van der Waals surface area contributed by atoms with Gasteiger partial charge in [0, 0.05) is 24.5 Å². The zero-order valence-corrected chi connectivity index (χ0v) is 19.3. The minimum atomic E-state index is -0.108. The number of aryl methyl sites for hydroxylation is 2. The quantitative estimate of drug-likeness (QED) is 0.693. The summed E-state index contributed by atoms with van der Waals surface area (Å²) in [5.74, 6) is 0.291. The Kier molecular flexibility index (Phi) is 7.72. The van der Waals surface area contributed by atoms with Gasteiger partial charge in [0.05, 0.1) is 13.1 Å². The number of piperidine rings is 1. The predicted molar refractivity (Wildman–Crippen MR) is 128 cm³/mol. The maximum atomic E-state index is 13.1. The highest BCUT2D eigenvalue weighted by Crippen LogP contribution is 2.27. The van der Waals surface area contributed by atoms with E-state index in [2.05, 4.69) is 25.2 Å². The molecule has 2 amide bonds. The van der Waals surface area contributed by atoms with Gasteiger partial charge in [0.2, 0.25) is 11.8 Å². The molecule has 0 spiro atoms. The maximum Gasteiger partial charge on any atom is 0.243 e. The molecule has 166 valence electrons. The molecule has 0 atom stereocenters. The molecular weight excluding hydrogens is 386 g/mol. The summed E-state index contributed by atoms with van der Waals surface area (Å²) in [6.07, 6.45) is 3.30.